The Morgan fingerprint density at radius 2 is 2.25 bits per heavy atom. The molecule has 2 N–H and O–H groups in total. The van der Waals surface area contributed by atoms with E-state index in [1.54, 1.807) is 0 Å². The van der Waals surface area contributed by atoms with Crippen LogP contribution in [0.4, 0.5) is 4.39 Å². The van der Waals surface area contributed by atoms with Crippen LogP contribution in [0.3, 0.4) is 0 Å². The van der Waals surface area contributed by atoms with E-state index >= 15 is 0 Å². The van der Waals surface area contributed by atoms with E-state index in [0.29, 0.717) is 11.5 Å². The zero-order chi connectivity index (χ0) is 13.8. The van der Waals surface area contributed by atoms with Crippen molar-refractivity contribution in [2.45, 2.75) is 19.4 Å². The second kappa shape index (κ2) is 7.45. The van der Waals surface area contributed by atoms with Crippen molar-refractivity contribution in [3.63, 3.8) is 0 Å². The van der Waals surface area contributed by atoms with Crippen LogP contribution in [-0.4, -0.2) is 32.1 Å². The van der Waals surface area contributed by atoms with Crippen molar-refractivity contribution in [3.8, 4) is 5.75 Å². The van der Waals surface area contributed by atoms with Crippen LogP contribution in [0.15, 0.2) is 18.2 Å². The second-order valence-corrected chi connectivity index (χ2v) is 4.90. The van der Waals surface area contributed by atoms with Crippen LogP contribution in [0.25, 0.3) is 0 Å². The van der Waals surface area contributed by atoms with Gasteiger partial charge < -0.3 is 15.4 Å². The molecule has 0 bridgehead atoms. The molecule has 0 aliphatic carbocycles. The molecule has 1 fully saturated rings. The summed E-state index contributed by atoms with van der Waals surface area (Å²) < 4.78 is 18.2. The highest BCUT2D eigenvalue weighted by molar-refractivity contribution is 5.94. The van der Waals surface area contributed by atoms with Gasteiger partial charge in [0.2, 0.25) is 0 Å². The van der Waals surface area contributed by atoms with E-state index in [2.05, 4.69) is 17.6 Å². The van der Waals surface area contributed by atoms with Gasteiger partial charge in [-0.3, -0.25) is 4.79 Å². The number of nitrogens with one attached hydrogen (secondary N) is 2. The second-order valence-electron chi connectivity index (χ2n) is 4.90. The molecule has 112 valence electrons. The van der Waals surface area contributed by atoms with Crippen molar-refractivity contribution in [2.24, 2.45) is 5.92 Å². The highest BCUT2D eigenvalue weighted by Crippen LogP contribution is 2.19. The van der Waals surface area contributed by atoms with Crippen LogP contribution in [0, 0.1) is 11.7 Å². The molecule has 1 aromatic rings. The quantitative estimate of drug-likeness (QED) is 0.898. The first-order valence-electron chi connectivity index (χ1n) is 6.47. The van der Waals surface area contributed by atoms with Gasteiger partial charge in [-0.2, -0.15) is 0 Å². The van der Waals surface area contributed by atoms with Crippen LogP contribution in [0.2, 0.25) is 0 Å². The molecule has 6 heteroatoms. The fraction of sp³-hybridized carbons (Fsp3) is 0.500. The molecule has 0 spiro atoms. The minimum Gasteiger partial charge on any atom is -0.494 e. The van der Waals surface area contributed by atoms with Crippen molar-refractivity contribution < 1.29 is 13.9 Å². The standard InChI is InChI=1S/C14H19FN2O2.ClH/c1-9-5-6-16-8-12(9)17-14(18)10-3-4-11(15)13(7-10)19-2;/h3-4,7,9,12,16H,5-6,8H2,1-2H3,(H,17,18);1H. The lowest BCUT2D eigenvalue weighted by molar-refractivity contribution is 0.0915. The molecule has 1 aliphatic rings. The van der Waals surface area contributed by atoms with Gasteiger partial charge in [-0.15, -0.1) is 12.4 Å². The topological polar surface area (TPSA) is 50.4 Å². The summed E-state index contributed by atoms with van der Waals surface area (Å²) in [6.07, 6.45) is 1.04. The first kappa shape index (κ1) is 16.7. The van der Waals surface area contributed by atoms with Crippen molar-refractivity contribution in [1.82, 2.24) is 10.6 Å². The van der Waals surface area contributed by atoms with Gasteiger partial charge in [0, 0.05) is 18.2 Å². The summed E-state index contributed by atoms with van der Waals surface area (Å²) >= 11 is 0. The average Bonchev–Trinajstić information content (AvgIpc) is 2.42. The van der Waals surface area contributed by atoms with E-state index in [1.807, 2.05) is 0 Å². The predicted octanol–water partition coefficient (Wildman–Crippen LogP) is 1.98. The molecule has 0 saturated carbocycles. The zero-order valence-corrected chi connectivity index (χ0v) is 12.4. The maximum absolute atomic E-state index is 13.3. The number of rotatable bonds is 3. The normalized spacial score (nSPS) is 21.8. The predicted molar refractivity (Wildman–Crippen MR) is 78.1 cm³/mol. The van der Waals surface area contributed by atoms with Gasteiger partial charge in [0.05, 0.1) is 7.11 Å². The van der Waals surface area contributed by atoms with Crippen molar-refractivity contribution in [2.75, 3.05) is 20.2 Å². The minimum absolute atomic E-state index is 0. The molecule has 0 radical (unpaired) electrons. The smallest absolute Gasteiger partial charge is 0.251 e. The number of amides is 1. The van der Waals surface area contributed by atoms with E-state index in [0.717, 1.165) is 19.5 Å². The fourth-order valence-electron chi connectivity index (χ4n) is 2.24. The summed E-state index contributed by atoms with van der Waals surface area (Å²) in [7, 11) is 1.38. The fourth-order valence-corrected chi connectivity index (χ4v) is 2.24. The Morgan fingerprint density at radius 1 is 1.50 bits per heavy atom. The van der Waals surface area contributed by atoms with E-state index in [1.165, 1.54) is 25.3 Å². The van der Waals surface area contributed by atoms with Crippen LogP contribution < -0.4 is 15.4 Å². The molecule has 2 atom stereocenters. The largest absolute Gasteiger partial charge is 0.494 e. The number of halogens is 2. The van der Waals surface area contributed by atoms with Crippen molar-refractivity contribution in [1.29, 1.82) is 0 Å². The van der Waals surface area contributed by atoms with Crippen LogP contribution in [-0.2, 0) is 0 Å². The number of ether oxygens (including phenoxy) is 1. The van der Waals surface area contributed by atoms with E-state index in [4.69, 9.17) is 4.74 Å². The molecule has 1 heterocycles. The molecular weight excluding hydrogens is 283 g/mol. The highest BCUT2D eigenvalue weighted by atomic mass is 35.5. The number of hydrogen-bond acceptors (Lipinski definition) is 3. The molecule has 1 aliphatic heterocycles. The summed E-state index contributed by atoms with van der Waals surface area (Å²) in [5.41, 5.74) is 0.413. The average molecular weight is 303 g/mol. The van der Waals surface area contributed by atoms with Gasteiger partial charge >= 0.3 is 0 Å². The summed E-state index contributed by atoms with van der Waals surface area (Å²) in [4.78, 5) is 12.1. The molecule has 1 amide bonds. The SMILES string of the molecule is COc1cc(C(=O)NC2CNCCC2C)ccc1F.Cl. The lowest BCUT2D eigenvalue weighted by atomic mass is 9.94. The van der Waals surface area contributed by atoms with Crippen LogP contribution in [0.1, 0.15) is 23.7 Å². The third kappa shape index (κ3) is 3.84. The number of piperidine rings is 1. The summed E-state index contributed by atoms with van der Waals surface area (Å²) in [6, 6.07) is 4.24. The van der Waals surface area contributed by atoms with E-state index in [-0.39, 0.29) is 30.1 Å². The van der Waals surface area contributed by atoms with Gasteiger partial charge in [-0.25, -0.2) is 4.39 Å². The maximum atomic E-state index is 13.3. The Bertz CT molecular complexity index is 470. The molecule has 0 aromatic heterocycles. The third-order valence-electron chi connectivity index (χ3n) is 3.56. The van der Waals surface area contributed by atoms with E-state index in [9.17, 15) is 9.18 Å². The molecule has 1 saturated heterocycles. The summed E-state index contributed by atoms with van der Waals surface area (Å²) in [5, 5.41) is 6.23. The lowest BCUT2D eigenvalue weighted by Gasteiger charge is -2.30. The summed E-state index contributed by atoms with van der Waals surface area (Å²) in [6.45, 7) is 3.88. The first-order chi connectivity index (χ1) is 9.11. The lowest BCUT2D eigenvalue weighted by Crippen LogP contribution is -2.50. The third-order valence-corrected chi connectivity index (χ3v) is 3.56. The van der Waals surface area contributed by atoms with Crippen molar-refractivity contribution in [3.05, 3.63) is 29.6 Å². The van der Waals surface area contributed by atoms with Crippen molar-refractivity contribution >= 4 is 18.3 Å². The molecule has 4 nitrogen and oxygen atoms in total. The van der Waals surface area contributed by atoms with Gasteiger partial charge in [-0.1, -0.05) is 6.92 Å². The minimum atomic E-state index is -0.466. The molecule has 1 aromatic carbocycles. The van der Waals surface area contributed by atoms with Gasteiger partial charge in [-0.05, 0) is 37.1 Å². The Kier molecular flexibility index (Phi) is 6.23. The van der Waals surface area contributed by atoms with Crippen LogP contribution >= 0.6 is 12.4 Å². The van der Waals surface area contributed by atoms with Gasteiger partial charge in [0.25, 0.3) is 5.91 Å². The molecule has 2 rings (SSSR count). The molecule has 2 unspecified atom stereocenters. The zero-order valence-electron chi connectivity index (χ0n) is 11.6. The van der Waals surface area contributed by atoms with Gasteiger partial charge in [0.15, 0.2) is 11.6 Å². The van der Waals surface area contributed by atoms with Crippen LogP contribution in [0.5, 0.6) is 5.75 Å². The molecule has 20 heavy (non-hydrogen) atoms. The maximum Gasteiger partial charge on any atom is 0.251 e. The number of methoxy groups -OCH3 is 1. The number of carbonyl (C=O) groups excluding carboxylic acids is 1. The van der Waals surface area contributed by atoms with Gasteiger partial charge in [0.1, 0.15) is 0 Å². The number of hydrogen-bond donors (Lipinski definition) is 2. The number of carbonyl (C=O) groups is 1. The highest BCUT2D eigenvalue weighted by Gasteiger charge is 2.23. The first-order valence-corrected chi connectivity index (χ1v) is 6.47. The number of benzene rings is 1. The Balaban J connectivity index is 0.00000200. The Hall–Kier alpha value is -1.33. The van der Waals surface area contributed by atoms with E-state index < -0.39 is 5.82 Å². The summed E-state index contributed by atoms with van der Waals surface area (Å²) in [5.74, 6) is -0.138. The monoisotopic (exact) mass is 302 g/mol. The Labute approximate surface area is 124 Å². The molecular formula is C14H20ClFN2O2. The Morgan fingerprint density at radius 3 is 2.90 bits per heavy atom.